The molecular weight excluding hydrogens is 590 g/mol. The molecule has 0 radical (unpaired) electrons. The Bertz CT molecular complexity index is 1400. The molecule has 0 aliphatic carbocycles. The van der Waals surface area contributed by atoms with Crippen LogP contribution in [0.15, 0.2) is 91.0 Å². The molecule has 0 saturated carbocycles. The van der Waals surface area contributed by atoms with E-state index in [4.69, 9.17) is 0 Å². The monoisotopic (exact) mass is 619 g/mol. The van der Waals surface area contributed by atoms with Crippen LogP contribution in [0.25, 0.3) is 0 Å². The van der Waals surface area contributed by atoms with Gasteiger partial charge in [-0.25, -0.2) is 0 Å². The first-order chi connectivity index (χ1) is 19.4. The predicted molar refractivity (Wildman–Crippen MR) is 159 cm³/mol. The summed E-state index contributed by atoms with van der Waals surface area (Å²) in [5.41, 5.74) is 2.36. The molecule has 3 unspecified atom stereocenters. The number of nitrogens with zero attached hydrogens (tertiary/aromatic N) is 1. The molecule has 3 amide bonds. The largest absolute Gasteiger partial charge is 0.394 e. The molecule has 3 aliphatic heterocycles. The molecule has 3 aromatic carbocycles. The van der Waals surface area contributed by atoms with Gasteiger partial charge in [0.2, 0.25) is 17.7 Å². The number of thioether (sulfide) groups is 1. The number of benzene rings is 3. The van der Waals surface area contributed by atoms with Crippen LogP contribution in [0.4, 0.5) is 5.69 Å². The lowest BCUT2D eigenvalue weighted by Crippen LogP contribution is -2.55. The topological polar surface area (TPSA) is 98.7 Å². The fraction of sp³-hybridized carbons (Fsp3) is 0.323. The first kappa shape index (κ1) is 27.1. The molecule has 9 heteroatoms. The van der Waals surface area contributed by atoms with Gasteiger partial charge in [-0.2, -0.15) is 0 Å². The number of alkyl halides is 1. The van der Waals surface area contributed by atoms with E-state index < -0.39 is 28.7 Å². The Morgan fingerprint density at radius 3 is 2.25 bits per heavy atom. The molecule has 3 N–H and O–H groups in total. The molecule has 7 atom stereocenters. The first-order valence-corrected chi connectivity index (χ1v) is 15.2. The number of hydrogen-bond donors (Lipinski definition) is 3. The third-order valence-corrected chi connectivity index (χ3v) is 11.5. The number of carbonyl (C=O) groups excluding carboxylic acids is 3. The number of anilines is 1. The van der Waals surface area contributed by atoms with Crippen molar-refractivity contribution in [1.82, 2.24) is 10.2 Å². The summed E-state index contributed by atoms with van der Waals surface area (Å²) in [5.74, 6) is -2.07. The fourth-order valence-electron chi connectivity index (χ4n) is 6.66. The smallest absolute Gasteiger partial charge is 0.244 e. The molecule has 6 rings (SSSR count). The van der Waals surface area contributed by atoms with Crippen LogP contribution in [0, 0.1) is 11.8 Å². The normalized spacial score (nSPS) is 29.2. The maximum atomic E-state index is 14.4. The van der Waals surface area contributed by atoms with Crippen molar-refractivity contribution in [2.24, 2.45) is 11.8 Å². The number of amides is 3. The Kier molecular flexibility index (Phi) is 7.46. The van der Waals surface area contributed by atoms with Gasteiger partial charge in [-0.05, 0) is 29.7 Å². The minimum atomic E-state index is -0.851. The van der Waals surface area contributed by atoms with Crippen LogP contribution in [0.3, 0.4) is 0 Å². The van der Waals surface area contributed by atoms with Crippen LogP contribution >= 0.6 is 27.7 Å². The highest BCUT2D eigenvalue weighted by atomic mass is 79.9. The summed E-state index contributed by atoms with van der Waals surface area (Å²) in [7, 11) is 0. The number of aliphatic hydroxyl groups excluding tert-OH is 1. The Hall–Kier alpha value is -3.14. The number of nitrogens with one attached hydrogen (secondary N) is 2. The SMILES string of the molecule is O=C(NCc1ccccc1)C1N([C@H](CO)c2ccccc2)C(=O)[C@@H]2[C@@H](C(=O)Nc3ccccc3)[C@@H]3SC12CC3Br. The van der Waals surface area contributed by atoms with Crippen LogP contribution in [-0.2, 0) is 20.9 Å². The summed E-state index contributed by atoms with van der Waals surface area (Å²) in [5, 5.41) is 16.5. The van der Waals surface area contributed by atoms with Crippen molar-refractivity contribution in [2.75, 3.05) is 11.9 Å². The van der Waals surface area contributed by atoms with Gasteiger partial charge in [0.1, 0.15) is 6.04 Å². The van der Waals surface area contributed by atoms with E-state index in [9.17, 15) is 19.5 Å². The maximum Gasteiger partial charge on any atom is 0.244 e. The van der Waals surface area contributed by atoms with Crippen molar-refractivity contribution in [3.8, 4) is 0 Å². The number of carbonyl (C=O) groups is 3. The van der Waals surface area contributed by atoms with Crippen LogP contribution in [0.1, 0.15) is 23.6 Å². The minimum Gasteiger partial charge on any atom is -0.394 e. The second-order valence-corrected chi connectivity index (χ2v) is 13.3. The highest BCUT2D eigenvalue weighted by molar-refractivity contribution is 9.09. The Morgan fingerprint density at radius 1 is 0.975 bits per heavy atom. The van der Waals surface area contributed by atoms with Crippen molar-refractivity contribution in [2.45, 2.75) is 39.9 Å². The van der Waals surface area contributed by atoms with Gasteiger partial charge in [0.25, 0.3) is 0 Å². The minimum absolute atomic E-state index is 0.0400. The van der Waals surface area contributed by atoms with Gasteiger partial charge in [0.05, 0.1) is 29.2 Å². The molecule has 206 valence electrons. The van der Waals surface area contributed by atoms with Gasteiger partial charge in [-0.1, -0.05) is 94.8 Å². The van der Waals surface area contributed by atoms with Crippen molar-refractivity contribution in [3.05, 3.63) is 102 Å². The Balaban J connectivity index is 1.39. The van der Waals surface area contributed by atoms with E-state index in [0.717, 1.165) is 11.1 Å². The van der Waals surface area contributed by atoms with Crippen LogP contribution in [0.2, 0.25) is 0 Å². The molecule has 0 aromatic heterocycles. The van der Waals surface area contributed by atoms with E-state index in [0.29, 0.717) is 18.7 Å². The van der Waals surface area contributed by atoms with Crippen molar-refractivity contribution >= 4 is 51.1 Å². The zero-order chi connectivity index (χ0) is 27.9. The number of rotatable bonds is 8. The molecule has 40 heavy (non-hydrogen) atoms. The number of halogens is 1. The highest BCUT2D eigenvalue weighted by Gasteiger charge is 2.76. The fourth-order valence-corrected chi connectivity index (χ4v) is 10.3. The lowest BCUT2D eigenvalue weighted by atomic mass is 9.70. The molecular formula is C31H30BrN3O4S. The van der Waals surface area contributed by atoms with Gasteiger partial charge in [-0.3, -0.25) is 14.4 Å². The van der Waals surface area contributed by atoms with Crippen LogP contribution in [-0.4, -0.2) is 55.2 Å². The zero-order valence-corrected chi connectivity index (χ0v) is 24.1. The van der Waals surface area contributed by atoms with Gasteiger partial charge in [0, 0.05) is 22.3 Å². The second kappa shape index (κ2) is 11.0. The zero-order valence-electron chi connectivity index (χ0n) is 21.7. The van der Waals surface area contributed by atoms with Crippen LogP contribution in [0.5, 0.6) is 0 Å². The molecule has 3 aromatic rings. The Morgan fingerprint density at radius 2 is 1.60 bits per heavy atom. The van der Waals surface area contributed by atoms with Crippen LogP contribution < -0.4 is 10.6 Å². The standard InChI is InChI=1S/C31H30BrN3O4S/c32-22-16-31-25(24(26(22)40-31)28(37)34-21-14-8-3-9-15-21)30(39)35(23(18-36)20-12-6-2-7-13-20)27(31)29(38)33-17-19-10-4-1-5-11-19/h1-15,22-27,36H,16-18H2,(H,33,38)(H,34,37)/t22?,23-,24-,25+,26-,27?,31?/m1/s1. The van der Waals surface area contributed by atoms with Gasteiger partial charge >= 0.3 is 0 Å². The van der Waals surface area contributed by atoms with Gasteiger partial charge < -0.3 is 20.6 Å². The van der Waals surface area contributed by atoms with Gasteiger partial charge in [0.15, 0.2) is 0 Å². The molecule has 7 nitrogen and oxygen atoms in total. The molecule has 3 fully saturated rings. The summed E-state index contributed by atoms with van der Waals surface area (Å²) < 4.78 is -0.808. The van der Waals surface area contributed by atoms with E-state index in [1.165, 1.54) is 0 Å². The molecule has 2 bridgehead atoms. The first-order valence-electron chi connectivity index (χ1n) is 13.4. The third kappa shape index (κ3) is 4.54. The molecule has 3 heterocycles. The van der Waals surface area contributed by atoms with Gasteiger partial charge in [-0.15, -0.1) is 11.8 Å². The molecule has 1 spiro atoms. The highest BCUT2D eigenvalue weighted by Crippen LogP contribution is 2.68. The lowest BCUT2D eigenvalue weighted by molar-refractivity contribution is -0.142. The van der Waals surface area contributed by atoms with Crippen molar-refractivity contribution in [3.63, 3.8) is 0 Å². The van der Waals surface area contributed by atoms with E-state index in [2.05, 4.69) is 26.6 Å². The molecule has 3 saturated heterocycles. The maximum absolute atomic E-state index is 14.4. The van der Waals surface area contributed by atoms with E-state index in [1.807, 2.05) is 91.0 Å². The lowest BCUT2D eigenvalue weighted by Gasteiger charge is -2.37. The quantitative estimate of drug-likeness (QED) is 0.329. The number of likely N-dealkylation sites (tertiary alicyclic amines) is 1. The summed E-state index contributed by atoms with van der Waals surface area (Å²) in [6.45, 7) is -0.0223. The Labute approximate surface area is 245 Å². The summed E-state index contributed by atoms with van der Waals surface area (Å²) in [6, 6.07) is 26.6. The molecule has 3 aliphatic rings. The average molecular weight is 621 g/mol. The van der Waals surface area contributed by atoms with Crippen molar-refractivity contribution < 1.29 is 19.5 Å². The van der Waals surface area contributed by atoms with Crippen molar-refractivity contribution in [1.29, 1.82) is 0 Å². The average Bonchev–Trinajstić information content (AvgIpc) is 3.57. The van der Waals surface area contributed by atoms with E-state index >= 15 is 0 Å². The number of aliphatic hydroxyl groups is 1. The summed E-state index contributed by atoms with van der Waals surface area (Å²) >= 11 is 5.38. The number of hydrogen-bond acceptors (Lipinski definition) is 5. The number of fused-ring (bicyclic) bond motifs is 1. The summed E-state index contributed by atoms with van der Waals surface area (Å²) in [6.07, 6.45) is 0.570. The second-order valence-electron chi connectivity index (χ2n) is 10.6. The summed E-state index contributed by atoms with van der Waals surface area (Å²) in [4.78, 5) is 43.8. The van der Waals surface area contributed by atoms with E-state index in [-0.39, 0.29) is 34.4 Å². The third-order valence-electron chi connectivity index (χ3n) is 8.32. The van der Waals surface area contributed by atoms with E-state index in [1.54, 1.807) is 16.7 Å². The predicted octanol–water partition coefficient (Wildman–Crippen LogP) is 4.14. The number of para-hydroxylation sites is 1.